The molecule has 0 aliphatic rings. The molecule has 0 bridgehead atoms. The highest BCUT2D eigenvalue weighted by Gasteiger charge is 2.12. The van der Waals surface area contributed by atoms with Crippen molar-refractivity contribution >= 4 is 62.6 Å². The lowest BCUT2D eigenvalue weighted by molar-refractivity contribution is 0.102. The van der Waals surface area contributed by atoms with E-state index in [1.807, 2.05) is 29.6 Å². The molecule has 7 heteroatoms. The van der Waals surface area contributed by atoms with Crippen LogP contribution in [0.2, 0.25) is 10.0 Å². The van der Waals surface area contributed by atoms with Crippen molar-refractivity contribution in [2.24, 2.45) is 0 Å². The maximum absolute atomic E-state index is 12.2. The van der Waals surface area contributed by atoms with Crippen LogP contribution in [-0.2, 0) is 6.42 Å². The summed E-state index contributed by atoms with van der Waals surface area (Å²) >= 11 is 13.3. The van der Waals surface area contributed by atoms with Crippen LogP contribution in [0.3, 0.4) is 0 Å². The van der Waals surface area contributed by atoms with E-state index in [0.717, 1.165) is 11.3 Å². The Morgan fingerprint density at radius 3 is 2.50 bits per heavy atom. The van der Waals surface area contributed by atoms with Gasteiger partial charge in [-0.25, -0.2) is 4.98 Å². The van der Waals surface area contributed by atoms with Crippen LogP contribution in [0.5, 0.6) is 0 Å². The van der Waals surface area contributed by atoms with E-state index in [1.165, 1.54) is 11.3 Å². The average molecular weight is 444 g/mol. The molecule has 0 saturated heterocycles. The van der Waals surface area contributed by atoms with Crippen LogP contribution in [-0.4, -0.2) is 10.9 Å². The number of carbonyl (C=O) groups is 1. The molecule has 0 aliphatic heterocycles. The fourth-order valence-electron chi connectivity index (χ4n) is 2.07. The Balaban J connectivity index is 0.00000208. The summed E-state index contributed by atoms with van der Waals surface area (Å²) in [6.45, 7) is 0. The van der Waals surface area contributed by atoms with E-state index in [9.17, 15) is 4.79 Å². The lowest BCUT2D eigenvalue weighted by atomic mass is 10.1. The van der Waals surface area contributed by atoms with Crippen molar-refractivity contribution in [1.82, 2.24) is 4.98 Å². The highest BCUT2D eigenvalue weighted by Crippen LogP contribution is 2.21. The summed E-state index contributed by atoms with van der Waals surface area (Å²) in [5, 5.41) is 6.39. The Labute approximate surface area is 164 Å². The lowest BCUT2D eigenvalue weighted by Gasteiger charge is -2.03. The molecule has 3 rings (SSSR count). The molecular formula is C17H13BrCl2N2OS. The molecular weight excluding hydrogens is 431 g/mol. The number of hydrogen-bond donors (Lipinski definition) is 1. The standard InChI is InChI=1S/C17H12Cl2N2OS.BrH/c18-12-7-5-11(6-8-12)9-13-10-23-17(20-13)21-16(22)14-3-1-2-4-15(14)19;/h1-8,10H,9H2,(H,20,21,22);1H. The third-order valence-electron chi connectivity index (χ3n) is 3.19. The highest BCUT2D eigenvalue weighted by atomic mass is 79.9. The smallest absolute Gasteiger partial charge is 0.258 e. The van der Waals surface area contributed by atoms with Gasteiger partial charge < -0.3 is 0 Å². The molecule has 1 amide bonds. The zero-order valence-electron chi connectivity index (χ0n) is 12.3. The number of anilines is 1. The van der Waals surface area contributed by atoms with E-state index in [2.05, 4.69) is 10.3 Å². The number of benzene rings is 2. The van der Waals surface area contributed by atoms with Gasteiger partial charge in [-0.1, -0.05) is 47.5 Å². The van der Waals surface area contributed by atoms with E-state index >= 15 is 0 Å². The predicted molar refractivity (Wildman–Crippen MR) is 106 cm³/mol. The summed E-state index contributed by atoms with van der Waals surface area (Å²) in [6.07, 6.45) is 0.690. The van der Waals surface area contributed by atoms with Gasteiger partial charge in [0.1, 0.15) is 0 Å². The number of amides is 1. The monoisotopic (exact) mass is 442 g/mol. The minimum absolute atomic E-state index is 0. The molecule has 1 aromatic heterocycles. The number of carbonyl (C=O) groups excluding carboxylic acids is 1. The van der Waals surface area contributed by atoms with Crippen LogP contribution in [0.15, 0.2) is 53.9 Å². The molecule has 124 valence electrons. The van der Waals surface area contributed by atoms with Gasteiger partial charge in [0.05, 0.1) is 16.3 Å². The van der Waals surface area contributed by atoms with Crippen molar-refractivity contribution in [3.8, 4) is 0 Å². The first kappa shape index (κ1) is 18.9. The van der Waals surface area contributed by atoms with Gasteiger partial charge in [0.25, 0.3) is 5.91 Å². The van der Waals surface area contributed by atoms with Gasteiger partial charge in [0.2, 0.25) is 0 Å². The van der Waals surface area contributed by atoms with Gasteiger partial charge in [0, 0.05) is 16.8 Å². The fourth-order valence-corrected chi connectivity index (χ4v) is 3.12. The van der Waals surface area contributed by atoms with Gasteiger partial charge in [0.15, 0.2) is 5.13 Å². The largest absolute Gasteiger partial charge is 0.298 e. The second-order valence-corrected chi connectivity index (χ2v) is 6.58. The summed E-state index contributed by atoms with van der Waals surface area (Å²) in [5.74, 6) is -0.261. The van der Waals surface area contributed by atoms with Crippen molar-refractivity contribution in [1.29, 1.82) is 0 Å². The van der Waals surface area contributed by atoms with Crippen LogP contribution in [0.1, 0.15) is 21.6 Å². The molecule has 0 unspecified atom stereocenters. The van der Waals surface area contributed by atoms with Crippen molar-refractivity contribution in [3.63, 3.8) is 0 Å². The van der Waals surface area contributed by atoms with Gasteiger partial charge in [-0.05, 0) is 29.8 Å². The maximum Gasteiger partial charge on any atom is 0.258 e. The van der Waals surface area contributed by atoms with Gasteiger partial charge in [-0.3, -0.25) is 10.1 Å². The topological polar surface area (TPSA) is 42.0 Å². The SMILES string of the molecule is Br.O=C(Nc1nc(Cc2ccc(Cl)cc2)cs1)c1ccccc1Cl. The molecule has 24 heavy (non-hydrogen) atoms. The van der Waals surface area contributed by atoms with Gasteiger partial charge >= 0.3 is 0 Å². The third kappa shape index (κ3) is 4.80. The molecule has 0 atom stereocenters. The summed E-state index contributed by atoms with van der Waals surface area (Å²) in [4.78, 5) is 16.6. The fraction of sp³-hybridized carbons (Fsp3) is 0.0588. The summed E-state index contributed by atoms with van der Waals surface area (Å²) < 4.78 is 0. The third-order valence-corrected chi connectivity index (χ3v) is 4.58. The molecule has 3 aromatic rings. The van der Waals surface area contributed by atoms with E-state index in [1.54, 1.807) is 24.3 Å². The zero-order chi connectivity index (χ0) is 16.2. The Kier molecular flexibility index (Phi) is 6.80. The van der Waals surface area contributed by atoms with Crippen LogP contribution >= 0.6 is 51.5 Å². The molecule has 2 aromatic carbocycles. The number of halogens is 3. The predicted octanol–water partition coefficient (Wildman–Crippen LogP) is 5.87. The Hall–Kier alpha value is -1.40. The first-order chi connectivity index (χ1) is 11.1. The number of hydrogen-bond acceptors (Lipinski definition) is 3. The van der Waals surface area contributed by atoms with Crippen LogP contribution < -0.4 is 5.32 Å². The average Bonchev–Trinajstić information content (AvgIpc) is 2.97. The van der Waals surface area contributed by atoms with Crippen molar-refractivity contribution in [3.05, 3.63) is 80.8 Å². The lowest BCUT2D eigenvalue weighted by Crippen LogP contribution is -2.12. The first-order valence-electron chi connectivity index (χ1n) is 6.86. The number of rotatable bonds is 4. The molecule has 0 fully saturated rings. The molecule has 1 heterocycles. The second kappa shape index (κ2) is 8.62. The molecule has 0 saturated carbocycles. The van der Waals surface area contributed by atoms with Crippen LogP contribution in [0.25, 0.3) is 0 Å². The van der Waals surface area contributed by atoms with Gasteiger partial charge in [-0.15, -0.1) is 28.3 Å². The van der Waals surface area contributed by atoms with E-state index in [-0.39, 0.29) is 22.9 Å². The minimum atomic E-state index is -0.261. The van der Waals surface area contributed by atoms with Crippen molar-refractivity contribution in [2.75, 3.05) is 5.32 Å². The Bertz CT molecular complexity index is 837. The van der Waals surface area contributed by atoms with E-state index in [4.69, 9.17) is 23.2 Å². The Morgan fingerprint density at radius 1 is 1.08 bits per heavy atom. The van der Waals surface area contributed by atoms with Crippen molar-refractivity contribution < 1.29 is 4.79 Å². The highest BCUT2D eigenvalue weighted by molar-refractivity contribution is 8.93. The van der Waals surface area contributed by atoms with Crippen molar-refractivity contribution in [2.45, 2.75) is 6.42 Å². The second-order valence-electron chi connectivity index (χ2n) is 4.88. The molecule has 0 spiro atoms. The molecule has 3 nitrogen and oxygen atoms in total. The zero-order valence-corrected chi connectivity index (χ0v) is 16.4. The number of aromatic nitrogens is 1. The minimum Gasteiger partial charge on any atom is -0.298 e. The number of thiazole rings is 1. The first-order valence-corrected chi connectivity index (χ1v) is 8.50. The summed E-state index contributed by atoms with van der Waals surface area (Å²) in [6, 6.07) is 14.5. The summed E-state index contributed by atoms with van der Waals surface area (Å²) in [7, 11) is 0. The summed E-state index contributed by atoms with van der Waals surface area (Å²) in [5.41, 5.74) is 2.44. The molecule has 1 N–H and O–H groups in total. The Morgan fingerprint density at radius 2 is 1.79 bits per heavy atom. The van der Waals surface area contributed by atoms with Crippen LogP contribution in [0, 0.1) is 0 Å². The molecule has 0 radical (unpaired) electrons. The van der Waals surface area contributed by atoms with E-state index < -0.39 is 0 Å². The quantitative estimate of drug-likeness (QED) is 0.547. The number of nitrogens with zero attached hydrogens (tertiary/aromatic N) is 1. The normalized spacial score (nSPS) is 10.1. The molecule has 0 aliphatic carbocycles. The van der Waals surface area contributed by atoms with E-state index in [0.29, 0.717) is 27.2 Å². The number of nitrogens with one attached hydrogen (secondary N) is 1. The van der Waals surface area contributed by atoms with Crippen LogP contribution in [0.4, 0.5) is 5.13 Å². The van der Waals surface area contributed by atoms with Gasteiger partial charge in [-0.2, -0.15) is 0 Å². The maximum atomic E-state index is 12.2.